The summed E-state index contributed by atoms with van der Waals surface area (Å²) in [6.07, 6.45) is 7.60. The van der Waals surface area contributed by atoms with E-state index in [-0.39, 0.29) is 11.9 Å². The Morgan fingerprint density at radius 1 is 1.36 bits per heavy atom. The monoisotopic (exact) mass is 355 g/mol. The van der Waals surface area contributed by atoms with E-state index in [2.05, 4.69) is 27.4 Å². The summed E-state index contributed by atoms with van der Waals surface area (Å²) >= 11 is 1.47. The molecule has 0 N–H and O–H groups in total. The van der Waals surface area contributed by atoms with Crippen molar-refractivity contribution >= 4 is 22.2 Å². The molecule has 25 heavy (non-hydrogen) atoms. The second-order valence-corrected chi connectivity index (χ2v) is 7.78. The van der Waals surface area contributed by atoms with Crippen LogP contribution in [0.5, 0.6) is 0 Å². The van der Waals surface area contributed by atoms with Crippen LogP contribution in [-0.4, -0.2) is 46.0 Å². The van der Waals surface area contributed by atoms with E-state index < -0.39 is 0 Å². The molecule has 2 aromatic rings. The number of nitriles is 1. The van der Waals surface area contributed by atoms with Crippen molar-refractivity contribution in [2.24, 2.45) is 5.92 Å². The molecule has 0 radical (unpaired) electrons. The zero-order valence-electron chi connectivity index (χ0n) is 14.2. The summed E-state index contributed by atoms with van der Waals surface area (Å²) < 4.78 is 2.17. The van der Waals surface area contributed by atoms with Crippen molar-refractivity contribution in [2.75, 3.05) is 24.5 Å². The number of carbonyl (C=O) groups is 1. The lowest BCUT2D eigenvalue weighted by atomic mass is 9.92. The van der Waals surface area contributed by atoms with Gasteiger partial charge in [-0.15, -0.1) is 11.3 Å². The molecule has 1 amide bonds. The molecule has 2 saturated heterocycles. The van der Waals surface area contributed by atoms with Gasteiger partial charge >= 0.3 is 0 Å². The molecule has 0 bridgehead atoms. The van der Waals surface area contributed by atoms with Crippen LogP contribution in [0.1, 0.15) is 31.4 Å². The molecule has 2 fully saturated rings. The normalized spacial score (nSPS) is 27.6. The van der Waals surface area contributed by atoms with Gasteiger partial charge in [0.2, 0.25) is 5.91 Å². The molecule has 3 atom stereocenters. The summed E-state index contributed by atoms with van der Waals surface area (Å²) in [6, 6.07) is 4.26. The van der Waals surface area contributed by atoms with Crippen molar-refractivity contribution in [3.05, 3.63) is 35.7 Å². The van der Waals surface area contributed by atoms with Crippen molar-refractivity contribution in [1.82, 2.24) is 14.5 Å². The molecule has 0 saturated carbocycles. The average molecular weight is 355 g/mol. The minimum atomic E-state index is -0.0767. The highest BCUT2D eigenvalue weighted by molar-refractivity contribution is 7.14. The fraction of sp³-hybridized carbons (Fsp3) is 0.500. The molecule has 4 rings (SSSR count). The van der Waals surface area contributed by atoms with Gasteiger partial charge in [-0.2, -0.15) is 5.26 Å². The summed E-state index contributed by atoms with van der Waals surface area (Å²) in [4.78, 5) is 21.3. The number of amides is 1. The number of imidazole rings is 1. The first-order chi connectivity index (χ1) is 12.2. The molecule has 0 aromatic carbocycles. The molecular weight excluding hydrogens is 334 g/mol. The van der Waals surface area contributed by atoms with Gasteiger partial charge in [0, 0.05) is 31.5 Å². The number of piperidine rings is 1. The summed E-state index contributed by atoms with van der Waals surface area (Å²) in [5.74, 6) is 0.707. The highest BCUT2D eigenvalue weighted by atomic mass is 32.1. The van der Waals surface area contributed by atoms with Gasteiger partial charge < -0.3 is 9.47 Å². The Morgan fingerprint density at radius 3 is 3.00 bits per heavy atom. The number of aromatic nitrogens is 2. The van der Waals surface area contributed by atoms with E-state index >= 15 is 0 Å². The van der Waals surface area contributed by atoms with Crippen molar-refractivity contribution in [3.63, 3.8) is 0 Å². The highest BCUT2D eigenvalue weighted by Gasteiger charge is 2.40. The summed E-state index contributed by atoms with van der Waals surface area (Å²) in [5.41, 5.74) is 0.600. The van der Waals surface area contributed by atoms with Gasteiger partial charge in [0.15, 0.2) is 0 Å². The number of carbonyl (C=O) groups excluding carboxylic acids is 1. The average Bonchev–Trinajstić information content (AvgIpc) is 3.35. The first-order valence-electron chi connectivity index (χ1n) is 8.69. The van der Waals surface area contributed by atoms with E-state index in [0.29, 0.717) is 24.1 Å². The molecule has 7 heteroatoms. The number of nitrogens with zero attached hydrogens (tertiary/aromatic N) is 5. The predicted molar refractivity (Wildman–Crippen MR) is 96.4 cm³/mol. The van der Waals surface area contributed by atoms with E-state index in [1.54, 1.807) is 11.0 Å². The van der Waals surface area contributed by atoms with Crippen LogP contribution in [0.3, 0.4) is 0 Å². The molecule has 3 unspecified atom stereocenters. The third-order valence-corrected chi connectivity index (χ3v) is 6.42. The molecule has 4 heterocycles. The van der Waals surface area contributed by atoms with Crippen LogP contribution < -0.4 is 4.90 Å². The maximum Gasteiger partial charge on any atom is 0.245 e. The van der Waals surface area contributed by atoms with Gasteiger partial charge in [0.25, 0.3) is 0 Å². The largest absolute Gasteiger partial charge is 0.333 e. The van der Waals surface area contributed by atoms with Crippen LogP contribution in [0.25, 0.3) is 0 Å². The summed E-state index contributed by atoms with van der Waals surface area (Å²) in [5, 5.41) is 11.9. The maximum atomic E-state index is 13.0. The predicted octanol–water partition coefficient (Wildman–Crippen LogP) is 2.50. The first kappa shape index (κ1) is 16.3. The smallest absolute Gasteiger partial charge is 0.245 e. The fourth-order valence-corrected chi connectivity index (χ4v) is 4.89. The number of anilines is 1. The fourth-order valence-electron chi connectivity index (χ4n) is 4.01. The molecule has 2 aliphatic heterocycles. The van der Waals surface area contributed by atoms with Crippen molar-refractivity contribution in [3.8, 4) is 6.07 Å². The number of thiophene rings is 1. The van der Waals surface area contributed by atoms with Gasteiger partial charge in [-0.1, -0.05) is 6.92 Å². The van der Waals surface area contributed by atoms with Gasteiger partial charge in [-0.25, -0.2) is 4.98 Å². The highest BCUT2D eigenvalue weighted by Crippen LogP contribution is 2.35. The first-order valence-corrected chi connectivity index (χ1v) is 9.57. The molecule has 0 spiro atoms. The van der Waals surface area contributed by atoms with E-state index in [4.69, 9.17) is 0 Å². The van der Waals surface area contributed by atoms with E-state index in [1.807, 2.05) is 24.1 Å². The van der Waals surface area contributed by atoms with Crippen molar-refractivity contribution < 1.29 is 4.79 Å². The van der Waals surface area contributed by atoms with Crippen LogP contribution in [0.4, 0.5) is 5.00 Å². The number of likely N-dealkylation sites (tertiary alicyclic amines) is 1. The van der Waals surface area contributed by atoms with Gasteiger partial charge in [-0.3, -0.25) is 9.69 Å². The second kappa shape index (κ2) is 6.62. The van der Waals surface area contributed by atoms with Gasteiger partial charge in [-0.05, 0) is 36.8 Å². The lowest BCUT2D eigenvalue weighted by Gasteiger charge is -2.40. The van der Waals surface area contributed by atoms with Crippen LogP contribution >= 0.6 is 11.3 Å². The zero-order chi connectivity index (χ0) is 17.4. The maximum absolute atomic E-state index is 13.0. The van der Waals surface area contributed by atoms with E-state index in [0.717, 1.165) is 30.9 Å². The molecule has 2 aromatic heterocycles. The van der Waals surface area contributed by atoms with Gasteiger partial charge in [0.05, 0.1) is 17.9 Å². The van der Waals surface area contributed by atoms with Crippen molar-refractivity contribution in [2.45, 2.75) is 31.8 Å². The molecule has 130 valence electrons. The zero-order valence-corrected chi connectivity index (χ0v) is 15.0. The Bertz CT molecular complexity index is 793. The Labute approximate surface area is 151 Å². The van der Waals surface area contributed by atoms with Crippen LogP contribution in [-0.2, 0) is 4.79 Å². The third-order valence-electron chi connectivity index (χ3n) is 5.49. The minimum absolute atomic E-state index is 0.0767. The Hall–Kier alpha value is -2.17. The van der Waals surface area contributed by atoms with E-state index in [9.17, 15) is 10.1 Å². The topological polar surface area (TPSA) is 65.2 Å². The van der Waals surface area contributed by atoms with Crippen LogP contribution in [0.15, 0.2) is 30.2 Å². The SMILES string of the molecule is CC1CCN(C2CCN(c3sccc3C#N)C2=O)CC1n1ccnc1. The Kier molecular flexibility index (Phi) is 4.32. The Morgan fingerprint density at radius 2 is 2.24 bits per heavy atom. The lowest BCUT2D eigenvalue weighted by Crippen LogP contribution is -2.49. The molecular formula is C18H21N5OS. The third kappa shape index (κ3) is 2.86. The number of hydrogen-bond acceptors (Lipinski definition) is 5. The summed E-state index contributed by atoms with van der Waals surface area (Å²) in [7, 11) is 0. The minimum Gasteiger partial charge on any atom is -0.333 e. The summed E-state index contributed by atoms with van der Waals surface area (Å²) in [6.45, 7) is 4.79. The molecule has 2 aliphatic rings. The molecule has 6 nitrogen and oxygen atoms in total. The lowest BCUT2D eigenvalue weighted by molar-refractivity contribution is -0.122. The number of rotatable bonds is 3. The molecule has 0 aliphatic carbocycles. The van der Waals surface area contributed by atoms with Gasteiger partial charge in [0.1, 0.15) is 11.1 Å². The van der Waals surface area contributed by atoms with Crippen molar-refractivity contribution in [1.29, 1.82) is 5.26 Å². The Balaban J connectivity index is 1.51. The van der Waals surface area contributed by atoms with E-state index in [1.165, 1.54) is 11.3 Å². The van der Waals surface area contributed by atoms with Crippen LogP contribution in [0, 0.1) is 17.2 Å². The number of hydrogen-bond donors (Lipinski definition) is 0. The standard InChI is InChI=1S/C18H21N5OS/c1-13-2-6-21(11-16(13)22-8-5-20-12-22)15-3-7-23(17(15)24)18-14(10-19)4-9-25-18/h4-5,8-9,12-13,15-16H,2-3,6-7,11H2,1H3. The second-order valence-electron chi connectivity index (χ2n) is 6.88. The van der Waals surface area contributed by atoms with Crippen LogP contribution in [0.2, 0.25) is 0 Å². The quantitative estimate of drug-likeness (QED) is 0.848.